The number of amides is 9. The maximum Gasteiger partial charge on any atom is 0.408 e. The zero-order valence-electron chi connectivity index (χ0n) is 80.7. The molecule has 137 heavy (non-hydrogen) atoms. The average molecular weight is 1950 g/mol. The van der Waals surface area contributed by atoms with Crippen LogP contribution in [0.1, 0.15) is 177 Å². The minimum atomic E-state index is -4.27. The van der Waals surface area contributed by atoms with Crippen LogP contribution < -0.4 is 78.8 Å². The van der Waals surface area contributed by atoms with Crippen LogP contribution in [-0.4, -0.2) is 227 Å². The first-order valence-corrected chi connectivity index (χ1v) is 48.4. The number of pyridine rings is 2. The van der Waals surface area contributed by atoms with Crippen LogP contribution in [-0.2, 0) is 122 Å². The van der Waals surface area contributed by atoms with Crippen molar-refractivity contribution in [2.45, 2.75) is 213 Å². The number of carbonyl (C=O) groups is 11. The number of esters is 2. The number of alkyl carbamates (subject to hydrolysis) is 1. The highest BCUT2D eigenvalue weighted by molar-refractivity contribution is 7.90. The number of nitrogens with one attached hydrogen (secondary N) is 13. The van der Waals surface area contributed by atoms with Gasteiger partial charge in [-0.3, -0.25) is 57.5 Å². The van der Waals surface area contributed by atoms with Crippen molar-refractivity contribution >= 4 is 119 Å². The van der Waals surface area contributed by atoms with Crippen molar-refractivity contribution in [3.63, 3.8) is 0 Å². The Morgan fingerprint density at radius 2 is 0.825 bits per heavy atom. The Morgan fingerprint density at radius 1 is 0.467 bits per heavy atom. The second-order valence-electron chi connectivity index (χ2n) is 34.0. The molecule has 0 fully saturated rings. The predicted octanol–water partition coefficient (Wildman–Crippen LogP) is 5.39. The number of hydrogen-bond donors (Lipinski definition) is 13. The Bertz CT molecular complexity index is 5860. The van der Waals surface area contributed by atoms with Gasteiger partial charge in [0.2, 0.25) is 78.2 Å². The molecule has 0 aliphatic carbocycles. The van der Waals surface area contributed by atoms with Gasteiger partial charge in [-0.25, -0.2) is 31.6 Å². The number of aryl methyl sites for hydroxylation is 10. The van der Waals surface area contributed by atoms with Gasteiger partial charge in [0.15, 0.2) is 0 Å². The van der Waals surface area contributed by atoms with E-state index in [1.807, 2.05) is 56.1 Å². The number of imidazole rings is 2. The molecule has 41 nitrogen and oxygen atoms in total. The van der Waals surface area contributed by atoms with Crippen LogP contribution in [0.5, 0.6) is 0 Å². The molecule has 13 N–H and O–H groups in total. The lowest BCUT2D eigenvalue weighted by Crippen LogP contribution is -2.49. The van der Waals surface area contributed by atoms with E-state index in [1.54, 1.807) is 131 Å². The van der Waals surface area contributed by atoms with E-state index >= 15 is 0 Å². The van der Waals surface area contributed by atoms with Crippen LogP contribution in [0, 0.1) is 41.5 Å². The van der Waals surface area contributed by atoms with E-state index in [2.05, 4.69) is 77.9 Å². The maximum atomic E-state index is 13.9. The van der Waals surface area contributed by atoms with E-state index in [0.29, 0.717) is 162 Å². The summed E-state index contributed by atoms with van der Waals surface area (Å²) in [5.74, 6) is -3.92. The smallest absolute Gasteiger partial charge is 0.408 e. The van der Waals surface area contributed by atoms with Crippen molar-refractivity contribution in [3.8, 4) is 0 Å². The summed E-state index contributed by atoms with van der Waals surface area (Å²) < 4.78 is 92.1. The van der Waals surface area contributed by atoms with Crippen LogP contribution in [0.15, 0.2) is 117 Å². The quantitative estimate of drug-likeness (QED) is 0.0129. The van der Waals surface area contributed by atoms with Gasteiger partial charge in [0.25, 0.3) is 11.8 Å². The summed E-state index contributed by atoms with van der Waals surface area (Å²) in [7, 11) is -2.64. The Labute approximate surface area is 798 Å². The molecule has 0 aliphatic rings. The summed E-state index contributed by atoms with van der Waals surface area (Å²) in [4.78, 5) is 175. The van der Waals surface area contributed by atoms with Gasteiger partial charge in [-0.05, 0) is 165 Å². The first-order valence-electron chi connectivity index (χ1n) is 45.4. The van der Waals surface area contributed by atoms with Crippen molar-refractivity contribution in [3.05, 3.63) is 174 Å². The molecule has 0 spiro atoms. The number of nitrogens with zero attached hydrogens (tertiary/aromatic N) is 6. The number of carbonyl (C=O) groups excluding carboxylic acids is 11. The van der Waals surface area contributed by atoms with Crippen molar-refractivity contribution < 1.29 is 93.3 Å². The third-order valence-corrected chi connectivity index (χ3v) is 24.8. The lowest BCUT2D eigenvalue weighted by Gasteiger charge is -2.23. The second kappa shape index (κ2) is 54.7. The molecule has 0 bridgehead atoms. The molecule has 3 atom stereocenters. The monoisotopic (exact) mass is 1940 g/mol. The molecule has 748 valence electrons. The molecule has 4 aromatic heterocycles. The number of hydrogen-bond acceptors (Lipinski definition) is 26. The fourth-order valence-corrected chi connectivity index (χ4v) is 18.1. The first-order chi connectivity index (χ1) is 65.0. The Hall–Kier alpha value is -13.0. The molecular formula is C94H133N19O22S2. The minimum Gasteiger partial charge on any atom is -0.468 e. The molecule has 4 aromatic carbocycles. The van der Waals surface area contributed by atoms with Crippen LogP contribution >= 0.6 is 0 Å². The van der Waals surface area contributed by atoms with Gasteiger partial charge in [-0.2, -0.15) is 9.44 Å². The maximum absolute atomic E-state index is 13.9. The molecule has 0 saturated carbocycles. The molecule has 4 heterocycles. The van der Waals surface area contributed by atoms with E-state index in [0.717, 1.165) is 36.5 Å². The predicted molar refractivity (Wildman–Crippen MR) is 515 cm³/mol. The van der Waals surface area contributed by atoms with E-state index in [1.165, 1.54) is 19.3 Å². The van der Waals surface area contributed by atoms with Gasteiger partial charge in [-0.1, -0.05) is 60.9 Å². The van der Waals surface area contributed by atoms with Crippen LogP contribution in [0.4, 0.5) is 16.7 Å². The highest BCUT2D eigenvalue weighted by Crippen LogP contribution is 2.26. The van der Waals surface area contributed by atoms with Gasteiger partial charge < -0.3 is 100 Å². The Morgan fingerprint density at radius 3 is 1.16 bits per heavy atom. The van der Waals surface area contributed by atoms with Crippen molar-refractivity contribution in [2.24, 2.45) is 14.1 Å². The average Bonchev–Trinajstić information content (AvgIpc) is 0.899. The molecule has 8 rings (SSSR count). The molecule has 0 saturated heterocycles. The van der Waals surface area contributed by atoms with Crippen molar-refractivity contribution in [1.29, 1.82) is 0 Å². The Balaban J connectivity index is 0.000000378. The number of ether oxygens (including phenoxy) is 5. The molecule has 0 aliphatic heterocycles. The van der Waals surface area contributed by atoms with Gasteiger partial charge in [0, 0.05) is 200 Å². The molecule has 8 aromatic rings. The lowest BCUT2D eigenvalue weighted by atomic mass is 10.1. The summed E-state index contributed by atoms with van der Waals surface area (Å²) in [5, 5.41) is 31.4. The molecule has 43 heteroatoms. The van der Waals surface area contributed by atoms with Crippen LogP contribution in [0.2, 0.25) is 0 Å². The molecule has 9 amide bonds. The second-order valence-corrected chi connectivity index (χ2v) is 37.3. The summed E-state index contributed by atoms with van der Waals surface area (Å²) in [6, 6.07) is 13.4. The summed E-state index contributed by atoms with van der Waals surface area (Å²) >= 11 is 0. The fraction of sp³-hybridized carbons (Fsp3) is 0.500. The summed E-state index contributed by atoms with van der Waals surface area (Å²) in [6.07, 6.45) is 13.3. The van der Waals surface area contributed by atoms with Gasteiger partial charge >= 0.3 is 18.0 Å². The third kappa shape index (κ3) is 36.2. The standard InChI is InChI=1S/C51H74N10O12S.C43H59N9O10S/c1-10-14-39(58-50(68)73-51(5,6)7)47(66)54-21-13-26-72-25-12-20-53-43(63)18-17-42(62)52-19-11-23-61-32-38(44(64)37-16-15-36(29-41(37)61)30-57-49-55-22-24-60(49)8)46(65)56-31-40(48(67)71-9)59-74(69,70)45-34(3)27-33(2)28-35(45)4;1-28-22-29(2)40(30(3)23-28)63(59,60)50-35(42(58)61-6)26-48-41(57)34-27-52(36-24-32(10-11-33(36)39(34)56)25-49-43-47-17-19-51(43)5)18-7-14-45-37(54)12-13-38(55)46-16-9-21-62-20-8-15-44-31(4)53/h15-16,22,24,27-29,32,39-40,59H,10-14,17-21,23,25-26,30-31H2,1-9H3,(H,52,62)(H,53,63)(H,54,66)(H,55,57)(H,56,65)(H,58,68);10-11,17,19,22-24,27,35,50H,7-9,12-16,18,20-21,25-26H2,1-6H3,(H,44,53)(H,45,54)(H,46,55)(H,47,49)(H,48,57)/t;35-/m.0/s1. The number of sulfonamides is 2. The van der Waals surface area contributed by atoms with E-state index in [-0.39, 0.29) is 119 Å². The number of rotatable bonds is 54. The van der Waals surface area contributed by atoms with E-state index in [4.69, 9.17) is 23.7 Å². The first kappa shape index (κ1) is 111. The number of fused-ring (bicyclic) bond motifs is 2. The minimum absolute atomic E-state index is 0.00335. The fourth-order valence-electron chi connectivity index (χ4n) is 14.8. The normalized spacial score (nSPS) is 12.1. The summed E-state index contributed by atoms with van der Waals surface area (Å²) in [5.41, 5.74) is 3.92. The SMILES string of the molecule is CCCC(NC(=O)OC(C)(C)C)C(=O)NCCCOCCCNC(=O)CCC(=O)NCCCn1cc(C(=O)NCC(NS(=O)(=O)c2c(C)cc(C)cc2C)C(=O)OC)c(=O)c2ccc(CNc3nccn3C)cc21.COC(=O)[C@H](CNC(=O)c1cn(CCCNC(=O)CCC(=O)NCCCOCCCNC(C)=O)c2cc(CNc3nccn3C)ccc2c1=O)NS(=O)(=O)c1c(C)cc(C)cc1C. The molecule has 2 unspecified atom stereocenters. The zero-order valence-corrected chi connectivity index (χ0v) is 82.4. The largest absolute Gasteiger partial charge is 0.468 e. The number of benzene rings is 4. The third-order valence-electron chi connectivity index (χ3n) is 21.3. The summed E-state index contributed by atoms with van der Waals surface area (Å²) in [6.45, 7) is 22.9. The topological polar surface area (TPSA) is 538 Å². The van der Waals surface area contributed by atoms with Gasteiger partial charge in [-0.15, -0.1) is 0 Å². The zero-order chi connectivity index (χ0) is 101. The number of methoxy groups -OCH3 is 2. The van der Waals surface area contributed by atoms with Gasteiger partial charge in [0.1, 0.15) is 34.9 Å². The van der Waals surface area contributed by atoms with Crippen LogP contribution in [0.25, 0.3) is 21.8 Å². The highest BCUT2D eigenvalue weighted by atomic mass is 32.2. The van der Waals surface area contributed by atoms with Crippen molar-refractivity contribution in [1.82, 2.24) is 85.5 Å². The molecular weight excluding hydrogens is 1810 g/mol. The van der Waals surface area contributed by atoms with Crippen LogP contribution in [0.3, 0.4) is 0 Å². The highest BCUT2D eigenvalue weighted by Gasteiger charge is 2.33. The molecule has 0 radical (unpaired) electrons. The van der Waals surface area contributed by atoms with E-state index in [9.17, 15) is 79.2 Å². The van der Waals surface area contributed by atoms with E-state index < -0.39 is 97.6 Å². The number of aromatic nitrogens is 6. The lowest BCUT2D eigenvalue weighted by molar-refractivity contribution is -0.143. The Kier molecular flexibility index (Phi) is 44.3. The van der Waals surface area contributed by atoms with Gasteiger partial charge in [0.05, 0.1) is 35.0 Å². The number of anilines is 2. The van der Waals surface area contributed by atoms with Crippen molar-refractivity contribution in [2.75, 3.05) is 104 Å².